The number of pyridine rings is 1. The van der Waals surface area contributed by atoms with E-state index in [1.54, 1.807) is 0 Å². The zero-order valence-electron chi connectivity index (χ0n) is 20.9. The highest BCUT2D eigenvalue weighted by molar-refractivity contribution is 6.16. The van der Waals surface area contributed by atoms with Crippen LogP contribution in [0.4, 0.5) is 0 Å². The Labute approximate surface area is 201 Å². The predicted molar refractivity (Wildman–Crippen MR) is 144 cm³/mol. The van der Waals surface area contributed by atoms with Crippen molar-refractivity contribution in [2.45, 2.75) is 53.4 Å². The summed E-state index contributed by atoms with van der Waals surface area (Å²) in [5.74, 6) is 2.42. The summed E-state index contributed by atoms with van der Waals surface area (Å²) in [7, 11) is 0. The highest BCUT2D eigenvalue weighted by Gasteiger charge is 2.27. The van der Waals surface area contributed by atoms with Crippen molar-refractivity contribution < 1.29 is 4.74 Å². The maximum atomic E-state index is 6.79. The summed E-state index contributed by atoms with van der Waals surface area (Å²) in [5.41, 5.74) is 6.13. The molecule has 0 radical (unpaired) electrons. The molecule has 0 amide bonds. The summed E-state index contributed by atoms with van der Waals surface area (Å²) in [5, 5.41) is 7.35. The van der Waals surface area contributed by atoms with Crippen LogP contribution in [0, 0.1) is 12.8 Å². The van der Waals surface area contributed by atoms with Gasteiger partial charge >= 0.3 is 0 Å². The number of benzene rings is 4. The summed E-state index contributed by atoms with van der Waals surface area (Å²) >= 11 is 0. The molecule has 2 nitrogen and oxygen atoms in total. The van der Waals surface area contributed by atoms with Gasteiger partial charge in [0.05, 0.1) is 11.1 Å². The van der Waals surface area contributed by atoms with Gasteiger partial charge in [0.2, 0.25) is 0 Å². The van der Waals surface area contributed by atoms with Gasteiger partial charge in [-0.3, -0.25) is 4.98 Å². The highest BCUT2D eigenvalue weighted by atomic mass is 16.5. The second-order valence-electron chi connectivity index (χ2n) is 11.3. The third-order valence-electron chi connectivity index (χ3n) is 7.12. The van der Waals surface area contributed by atoms with Gasteiger partial charge in [0.25, 0.3) is 0 Å². The molecule has 0 fully saturated rings. The molecule has 1 aliphatic heterocycles. The van der Waals surface area contributed by atoms with Gasteiger partial charge in [-0.05, 0) is 81.4 Å². The Morgan fingerprint density at radius 1 is 0.853 bits per heavy atom. The van der Waals surface area contributed by atoms with E-state index >= 15 is 0 Å². The standard InChI is InChI=1S/C32H31NO/c1-18(2)13-26-23-10-7-19(3)14-21(23)15-27-30-29-24(11-12-33-30)25-17-22(32(4,5)6)9-8-20(25)16-28(29)34-31(26)27/h7-12,14-18H,13H2,1-6H3. The maximum absolute atomic E-state index is 6.79. The van der Waals surface area contributed by atoms with E-state index in [0.29, 0.717) is 5.92 Å². The molecule has 0 saturated heterocycles. The van der Waals surface area contributed by atoms with Crippen LogP contribution in [-0.2, 0) is 11.8 Å². The number of ether oxygens (including phenoxy) is 1. The summed E-state index contributed by atoms with van der Waals surface area (Å²) in [4.78, 5) is 4.93. The minimum absolute atomic E-state index is 0.0950. The van der Waals surface area contributed by atoms with Crippen molar-refractivity contribution in [3.8, 4) is 22.8 Å². The fourth-order valence-corrected chi connectivity index (χ4v) is 5.41. The first-order valence-electron chi connectivity index (χ1n) is 12.3. The molecule has 6 rings (SSSR count). The molecule has 0 bridgehead atoms. The number of fused-ring (bicyclic) bond motifs is 5. The molecule has 0 aliphatic carbocycles. The molecule has 2 heteroatoms. The van der Waals surface area contributed by atoms with Gasteiger partial charge in [0, 0.05) is 17.3 Å². The first kappa shape index (κ1) is 21.2. The van der Waals surface area contributed by atoms with E-state index < -0.39 is 0 Å². The molecule has 0 spiro atoms. The molecule has 170 valence electrons. The van der Waals surface area contributed by atoms with Crippen molar-refractivity contribution in [1.29, 1.82) is 0 Å². The lowest BCUT2D eigenvalue weighted by Crippen LogP contribution is -2.10. The number of hydrogen-bond acceptors (Lipinski definition) is 2. The molecular formula is C32H31NO. The summed E-state index contributed by atoms with van der Waals surface area (Å²) in [6.45, 7) is 13.5. The van der Waals surface area contributed by atoms with Crippen molar-refractivity contribution in [1.82, 2.24) is 4.98 Å². The van der Waals surface area contributed by atoms with E-state index in [1.165, 1.54) is 43.6 Å². The Kier molecular flexibility index (Phi) is 4.55. The molecule has 1 aliphatic rings. The number of aromatic nitrogens is 1. The zero-order valence-corrected chi connectivity index (χ0v) is 20.9. The number of aryl methyl sites for hydroxylation is 1. The fraction of sp³-hybridized carbons (Fsp3) is 0.281. The zero-order chi connectivity index (χ0) is 23.8. The van der Waals surface area contributed by atoms with Gasteiger partial charge in [0.15, 0.2) is 0 Å². The lowest BCUT2D eigenvalue weighted by molar-refractivity contribution is 0.476. The molecule has 0 N–H and O–H groups in total. The van der Waals surface area contributed by atoms with E-state index in [2.05, 4.69) is 96.1 Å². The fourth-order valence-electron chi connectivity index (χ4n) is 5.41. The van der Waals surface area contributed by atoms with E-state index in [4.69, 9.17) is 9.72 Å². The van der Waals surface area contributed by atoms with Gasteiger partial charge in [-0.2, -0.15) is 0 Å². The van der Waals surface area contributed by atoms with E-state index in [0.717, 1.165) is 34.6 Å². The second kappa shape index (κ2) is 7.30. The monoisotopic (exact) mass is 445 g/mol. The topological polar surface area (TPSA) is 22.1 Å². The largest absolute Gasteiger partial charge is 0.456 e. The van der Waals surface area contributed by atoms with Crippen LogP contribution in [0.5, 0.6) is 11.5 Å². The quantitative estimate of drug-likeness (QED) is 0.248. The SMILES string of the molecule is Cc1ccc2c(CC(C)C)c3c(cc2c1)-c1nccc2c1c(cc1ccc(C(C)(C)C)cc12)O3. The van der Waals surface area contributed by atoms with Gasteiger partial charge in [-0.25, -0.2) is 0 Å². The Morgan fingerprint density at radius 3 is 2.44 bits per heavy atom. The van der Waals surface area contributed by atoms with Crippen LogP contribution < -0.4 is 4.74 Å². The Bertz CT molecular complexity index is 1620. The van der Waals surface area contributed by atoms with Crippen molar-refractivity contribution in [3.05, 3.63) is 77.5 Å². The molecule has 0 unspecified atom stereocenters. The van der Waals surface area contributed by atoms with Crippen molar-refractivity contribution in [2.75, 3.05) is 0 Å². The van der Waals surface area contributed by atoms with Gasteiger partial charge < -0.3 is 4.74 Å². The van der Waals surface area contributed by atoms with Gasteiger partial charge in [-0.1, -0.05) is 70.5 Å². The lowest BCUT2D eigenvalue weighted by Gasteiger charge is -2.26. The van der Waals surface area contributed by atoms with Crippen LogP contribution in [0.2, 0.25) is 0 Å². The Morgan fingerprint density at radius 2 is 1.68 bits per heavy atom. The third kappa shape index (κ3) is 3.20. The predicted octanol–water partition coefficient (Wildman–Crippen LogP) is 9.12. The average Bonchev–Trinajstić information content (AvgIpc) is 2.78. The Balaban J connectivity index is 1.71. The van der Waals surface area contributed by atoms with Crippen LogP contribution in [0.1, 0.15) is 51.3 Å². The number of rotatable bonds is 2. The smallest absolute Gasteiger partial charge is 0.140 e. The van der Waals surface area contributed by atoms with Gasteiger partial charge in [0.1, 0.15) is 11.5 Å². The first-order valence-corrected chi connectivity index (χ1v) is 12.3. The van der Waals surface area contributed by atoms with Crippen LogP contribution in [0.25, 0.3) is 43.6 Å². The molecule has 0 atom stereocenters. The van der Waals surface area contributed by atoms with E-state index in [1.807, 2.05) is 6.20 Å². The Hall–Kier alpha value is -3.39. The molecular weight excluding hydrogens is 414 g/mol. The van der Waals surface area contributed by atoms with Gasteiger partial charge in [-0.15, -0.1) is 0 Å². The van der Waals surface area contributed by atoms with Crippen LogP contribution in [0.15, 0.2) is 60.8 Å². The molecule has 0 saturated carbocycles. The third-order valence-corrected chi connectivity index (χ3v) is 7.12. The summed E-state index contributed by atoms with van der Waals surface area (Å²) in [6, 6.07) is 20.2. The van der Waals surface area contributed by atoms with E-state index in [9.17, 15) is 0 Å². The minimum Gasteiger partial charge on any atom is -0.456 e. The molecule has 5 aromatic rings. The molecule has 1 aromatic heterocycles. The summed E-state index contributed by atoms with van der Waals surface area (Å²) in [6.07, 6.45) is 2.93. The minimum atomic E-state index is 0.0950. The lowest BCUT2D eigenvalue weighted by atomic mass is 9.84. The van der Waals surface area contributed by atoms with E-state index in [-0.39, 0.29) is 5.41 Å². The first-order chi connectivity index (χ1) is 16.2. The normalized spacial score (nSPS) is 13.0. The van der Waals surface area contributed by atoms with Crippen LogP contribution in [-0.4, -0.2) is 4.98 Å². The molecule has 4 aromatic carbocycles. The van der Waals surface area contributed by atoms with Crippen LogP contribution >= 0.6 is 0 Å². The number of nitrogens with zero attached hydrogens (tertiary/aromatic N) is 1. The average molecular weight is 446 g/mol. The summed E-state index contributed by atoms with van der Waals surface area (Å²) < 4.78 is 6.79. The van der Waals surface area contributed by atoms with Crippen molar-refractivity contribution >= 4 is 32.3 Å². The van der Waals surface area contributed by atoms with Crippen molar-refractivity contribution in [2.24, 2.45) is 5.92 Å². The highest BCUT2D eigenvalue weighted by Crippen LogP contribution is 2.51. The van der Waals surface area contributed by atoms with Crippen LogP contribution in [0.3, 0.4) is 0 Å². The molecule has 2 heterocycles. The number of hydrogen-bond donors (Lipinski definition) is 0. The maximum Gasteiger partial charge on any atom is 0.140 e. The second-order valence-corrected chi connectivity index (χ2v) is 11.3. The van der Waals surface area contributed by atoms with Crippen molar-refractivity contribution in [3.63, 3.8) is 0 Å². The molecule has 34 heavy (non-hydrogen) atoms.